The Morgan fingerprint density at radius 3 is 2.94 bits per heavy atom. The van der Waals surface area contributed by atoms with Crippen LogP contribution in [0.5, 0.6) is 0 Å². The number of nitrogens with zero attached hydrogens (tertiary/aromatic N) is 1. The van der Waals surface area contributed by atoms with E-state index in [1.165, 1.54) is 11.3 Å². The highest BCUT2D eigenvalue weighted by Crippen LogP contribution is 2.17. The first-order chi connectivity index (χ1) is 8.69. The van der Waals surface area contributed by atoms with E-state index in [2.05, 4.69) is 24.0 Å². The van der Waals surface area contributed by atoms with Gasteiger partial charge in [0.05, 0.1) is 16.5 Å². The lowest BCUT2D eigenvalue weighted by atomic mass is 10.1. The summed E-state index contributed by atoms with van der Waals surface area (Å²) in [4.78, 5) is 13.2. The number of hydrogen-bond donors (Lipinski definition) is 2. The third kappa shape index (κ3) is 3.13. The van der Waals surface area contributed by atoms with Crippen LogP contribution in [0.15, 0.2) is 40.6 Å². The predicted octanol–water partition coefficient (Wildman–Crippen LogP) is 2.84. The number of hydrogen-bond acceptors (Lipinski definition) is 4. The third-order valence-corrected chi connectivity index (χ3v) is 3.68. The molecule has 0 fully saturated rings. The first kappa shape index (κ1) is 12.7. The highest BCUT2D eigenvalue weighted by Gasteiger charge is 2.07. The second-order valence-corrected chi connectivity index (χ2v) is 5.09. The number of rotatable bonds is 3. The van der Waals surface area contributed by atoms with Gasteiger partial charge in [-0.3, -0.25) is 4.79 Å². The van der Waals surface area contributed by atoms with Crippen molar-refractivity contribution in [3.05, 3.63) is 51.7 Å². The van der Waals surface area contributed by atoms with Crippen LogP contribution < -0.4 is 5.32 Å². The summed E-state index contributed by atoms with van der Waals surface area (Å²) in [6, 6.07) is 11.0. The number of nitrogens with one attached hydrogen (secondary N) is 1. The van der Waals surface area contributed by atoms with Crippen molar-refractivity contribution in [1.29, 1.82) is 5.26 Å². The minimum Gasteiger partial charge on any atom is -0.347 e. The molecule has 0 radical (unpaired) electrons. The fourth-order valence-corrected chi connectivity index (χ4v) is 2.53. The molecule has 0 saturated carbocycles. The lowest BCUT2D eigenvalue weighted by Crippen LogP contribution is -2.21. The van der Waals surface area contributed by atoms with Crippen LogP contribution in [0, 0.1) is 11.3 Å². The number of nitriles is 1. The fraction of sp³-hybridized carbons (Fsp3) is 0.0769. The molecule has 0 saturated heterocycles. The van der Waals surface area contributed by atoms with Gasteiger partial charge in [-0.05, 0) is 23.8 Å². The van der Waals surface area contributed by atoms with Gasteiger partial charge in [-0.25, -0.2) is 0 Å². The highest BCUT2D eigenvalue weighted by atomic mass is 32.1. The molecule has 0 aliphatic heterocycles. The zero-order valence-electron chi connectivity index (χ0n) is 9.38. The van der Waals surface area contributed by atoms with Crippen molar-refractivity contribution in [3.63, 3.8) is 0 Å². The van der Waals surface area contributed by atoms with Crippen LogP contribution in [0.2, 0.25) is 0 Å². The summed E-state index contributed by atoms with van der Waals surface area (Å²) in [7, 11) is 0. The standard InChI is InChI=1S/C13H10N2OS2/c14-6-9-2-1-3-10(4-9)7-15-13(16)12-5-11(17)8-18-12/h1-5,8,17H,7H2,(H,15,16). The maximum absolute atomic E-state index is 11.8. The first-order valence-corrected chi connectivity index (χ1v) is 6.56. The van der Waals surface area contributed by atoms with Gasteiger partial charge in [0, 0.05) is 16.8 Å². The summed E-state index contributed by atoms with van der Waals surface area (Å²) in [6.45, 7) is 0.411. The molecule has 0 spiro atoms. The topological polar surface area (TPSA) is 52.9 Å². The van der Waals surface area contributed by atoms with Crippen molar-refractivity contribution in [3.8, 4) is 6.07 Å². The third-order valence-electron chi connectivity index (χ3n) is 2.32. The highest BCUT2D eigenvalue weighted by molar-refractivity contribution is 7.80. The van der Waals surface area contributed by atoms with Gasteiger partial charge < -0.3 is 5.32 Å². The summed E-state index contributed by atoms with van der Waals surface area (Å²) in [6.07, 6.45) is 0. The second-order valence-electron chi connectivity index (χ2n) is 3.66. The van der Waals surface area contributed by atoms with Gasteiger partial charge in [0.2, 0.25) is 0 Å². The van der Waals surface area contributed by atoms with Crippen LogP contribution in [0.3, 0.4) is 0 Å². The van der Waals surface area contributed by atoms with E-state index in [4.69, 9.17) is 5.26 Å². The maximum Gasteiger partial charge on any atom is 0.261 e. The van der Waals surface area contributed by atoms with Crippen LogP contribution in [0.25, 0.3) is 0 Å². The zero-order chi connectivity index (χ0) is 13.0. The van der Waals surface area contributed by atoms with E-state index in [0.29, 0.717) is 17.0 Å². The number of carbonyl (C=O) groups is 1. The van der Waals surface area contributed by atoms with Crippen molar-refractivity contribution >= 4 is 29.9 Å². The van der Waals surface area contributed by atoms with Gasteiger partial charge >= 0.3 is 0 Å². The molecule has 0 atom stereocenters. The molecule has 2 rings (SSSR count). The van der Waals surface area contributed by atoms with E-state index in [-0.39, 0.29) is 5.91 Å². The zero-order valence-corrected chi connectivity index (χ0v) is 11.1. The van der Waals surface area contributed by atoms with Crippen molar-refractivity contribution < 1.29 is 4.79 Å². The molecular formula is C13H10N2OS2. The molecule has 1 aromatic heterocycles. The molecule has 0 aliphatic rings. The number of benzene rings is 1. The Balaban J connectivity index is 1.99. The van der Waals surface area contributed by atoms with Crippen molar-refractivity contribution in [1.82, 2.24) is 5.32 Å². The summed E-state index contributed by atoms with van der Waals surface area (Å²) in [5.41, 5.74) is 1.50. The van der Waals surface area contributed by atoms with E-state index < -0.39 is 0 Å². The van der Waals surface area contributed by atoms with E-state index in [1.54, 1.807) is 24.3 Å². The molecule has 0 bridgehead atoms. The molecule has 1 aromatic carbocycles. The van der Waals surface area contributed by atoms with Crippen LogP contribution in [0.1, 0.15) is 20.8 Å². The van der Waals surface area contributed by atoms with Gasteiger partial charge in [-0.2, -0.15) is 5.26 Å². The fourth-order valence-electron chi connectivity index (χ4n) is 1.47. The van der Waals surface area contributed by atoms with Gasteiger partial charge in [0.1, 0.15) is 0 Å². The molecule has 3 nitrogen and oxygen atoms in total. The average Bonchev–Trinajstić information content (AvgIpc) is 2.83. The Morgan fingerprint density at radius 1 is 1.44 bits per heavy atom. The second kappa shape index (κ2) is 5.71. The number of thiophene rings is 1. The van der Waals surface area contributed by atoms with Gasteiger partial charge in [0.15, 0.2) is 0 Å². The predicted molar refractivity (Wildman–Crippen MR) is 73.9 cm³/mol. The van der Waals surface area contributed by atoms with E-state index >= 15 is 0 Å². The quantitative estimate of drug-likeness (QED) is 0.846. The molecule has 18 heavy (non-hydrogen) atoms. The molecule has 1 heterocycles. The smallest absolute Gasteiger partial charge is 0.261 e. The number of carbonyl (C=O) groups excluding carboxylic acids is 1. The first-order valence-electron chi connectivity index (χ1n) is 5.24. The Kier molecular flexibility index (Phi) is 4.03. The van der Waals surface area contributed by atoms with E-state index in [9.17, 15) is 4.79 Å². The van der Waals surface area contributed by atoms with E-state index in [1.807, 2.05) is 11.4 Å². The Labute approximate surface area is 114 Å². The SMILES string of the molecule is N#Cc1cccc(CNC(=O)c2cc(S)cs2)c1. The van der Waals surface area contributed by atoms with Crippen LogP contribution in [-0.4, -0.2) is 5.91 Å². The van der Waals surface area contributed by atoms with Gasteiger partial charge in [-0.1, -0.05) is 12.1 Å². The Bertz CT molecular complexity index is 613. The summed E-state index contributed by atoms with van der Waals surface area (Å²) in [5.74, 6) is -0.123. The van der Waals surface area contributed by atoms with E-state index in [0.717, 1.165) is 10.5 Å². The monoisotopic (exact) mass is 274 g/mol. The molecule has 90 valence electrons. The van der Waals surface area contributed by atoms with Crippen molar-refractivity contribution in [2.75, 3.05) is 0 Å². The van der Waals surface area contributed by atoms with Crippen LogP contribution in [-0.2, 0) is 6.54 Å². The van der Waals surface area contributed by atoms with Crippen LogP contribution in [0.4, 0.5) is 0 Å². The normalized spacial score (nSPS) is 9.78. The van der Waals surface area contributed by atoms with Gasteiger partial charge in [-0.15, -0.1) is 24.0 Å². The number of amides is 1. The lowest BCUT2D eigenvalue weighted by molar-refractivity contribution is 0.0955. The Hall–Kier alpha value is -1.77. The largest absolute Gasteiger partial charge is 0.347 e. The van der Waals surface area contributed by atoms with Crippen molar-refractivity contribution in [2.24, 2.45) is 0 Å². The summed E-state index contributed by atoms with van der Waals surface area (Å²) in [5, 5.41) is 13.4. The number of thiol groups is 1. The van der Waals surface area contributed by atoms with Gasteiger partial charge in [0.25, 0.3) is 5.91 Å². The minimum absolute atomic E-state index is 0.123. The molecule has 0 aliphatic carbocycles. The Morgan fingerprint density at radius 2 is 2.28 bits per heavy atom. The molecular weight excluding hydrogens is 264 g/mol. The minimum atomic E-state index is -0.123. The molecule has 2 aromatic rings. The molecule has 5 heteroatoms. The van der Waals surface area contributed by atoms with Crippen molar-refractivity contribution in [2.45, 2.75) is 11.4 Å². The maximum atomic E-state index is 11.8. The molecule has 1 N–H and O–H groups in total. The lowest BCUT2D eigenvalue weighted by Gasteiger charge is -2.03. The van der Waals surface area contributed by atoms with Crippen LogP contribution >= 0.6 is 24.0 Å². The summed E-state index contributed by atoms with van der Waals surface area (Å²) >= 11 is 5.52. The molecule has 0 unspecified atom stereocenters. The average molecular weight is 274 g/mol. The summed E-state index contributed by atoms with van der Waals surface area (Å²) < 4.78 is 0. The molecule has 1 amide bonds.